The molecule has 0 saturated carbocycles. The molecule has 2 aromatic rings. The van der Waals surface area contributed by atoms with Gasteiger partial charge in [-0.1, -0.05) is 35.9 Å². The Balaban J connectivity index is 1.86. The van der Waals surface area contributed by atoms with Crippen LogP contribution in [0.15, 0.2) is 42.5 Å². The molecule has 1 aliphatic rings. The lowest BCUT2D eigenvalue weighted by atomic mass is 10.0. The first-order valence-electron chi connectivity index (χ1n) is 8.67. The fraction of sp³-hybridized carbons (Fsp3) is 0.350. The zero-order valence-corrected chi connectivity index (χ0v) is 15.4. The number of Topliss-reactive ketones (excluding diaryl/α,β-unsaturated/α-hetero) is 1. The minimum absolute atomic E-state index is 0.00400. The van der Waals surface area contributed by atoms with E-state index in [-0.39, 0.29) is 17.4 Å². The summed E-state index contributed by atoms with van der Waals surface area (Å²) in [4.78, 5) is 14.1. The zero-order valence-electron chi connectivity index (χ0n) is 14.7. The molecule has 1 unspecified atom stereocenters. The van der Waals surface area contributed by atoms with Crippen molar-refractivity contribution in [3.8, 4) is 0 Å². The lowest BCUT2D eigenvalue weighted by Gasteiger charge is -2.35. The van der Waals surface area contributed by atoms with Crippen LogP contribution in [0.3, 0.4) is 0 Å². The van der Waals surface area contributed by atoms with Crippen molar-refractivity contribution in [3.05, 3.63) is 64.4 Å². The largest absolute Gasteiger partial charge is 0.382 e. The van der Waals surface area contributed by atoms with Crippen molar-refractivity contribution in [2.24, 2.45) is 0 Å². The maximum Gasteiger partial charge on any atom is 0.164 e. The topological polar surface area (TPSA) is 41.6 Å². The van der Waals surface area contributed by atoms with E-state index in [1.54, 1.807) is 12.1 Å². The number of nitrogens with one attached hydrogen (secondary N) is 1. The summed E-state index contributed by atoms with van der Waals surface area (Å²) < 4.78 is 19.5. The molecule has 0 aliphatic carbocycles. The first kappa shape index (κ1) is 18.8. The summed E-state index contributed by atoms with van der Waals surface area (Å²) in [6.45, 7) is 4.80. The number of halogens is 2. The van der Waals surface area contributed by atoms with Crippen LogP contribution < -0.4 is 5.32 Å². The van der Waals surface area contributed by atoms with E-state index in [9.17, 15) is 9.18 Å². The number of rotatable bonds is 6. The molecule has 0 spiro atoms. The maximum absolute atomic E-state index is 14.1. The normalized spacial score (nSPS) is 16.3. The van der Waals surface area contributed by atoms with Crippen LogP contribution in [0.4, 0.5) is 10.1 Å². The second-order valence-electron chi connectivity index (χ2n) is 6.29. The van der Waals surface area contributed by atoms with Gasteiger partial charge in [0.15, 0.2) is 5.78 Å². The number of carbonyl (C=O) groups is 1. The predicted octanol–water partition coefficient (Wildman–Crippen LogP) is 4.17. The van der Waals surface area contributed by atoms with Gasteiger partial charge in [-0.25, -0.2) is 4.39 Å². The molecule has 1 atom stereocenters. The number of ketones is 1. The Labute approximate surface area is 157 Å². The highest BCUT2D eigenvalue weighted by Crippen LogP contribution is 2.29. The molecule has 0 aromatic heterocycles. The van der Waals surface area contributed by atoms with E-state index in [0.29, 0.717) is 30.5 Å². The molecule has 3 rings (SSSR count). The van der Waals surface area contributed by atoms with Crippen molar-refractivity contribution in [1.29, 1.82) is 0 Å². The number of ether oxygens (including phenoxy) is 1. The van der Waals surface area contributed by atoms with Gasteiger partial charge in [-0.15, -0.1) is 0 Å². The summed E-state index contributed by atoms with van der Waals surface area (Å²) in [5.41, 5.74) is 1.60. The first-order chi connectivity index (χ1) is 12.6. The van der Waals surface area contributed by atoms with E-state index in [1.807, 2.05) is 24.3 Å². The van der Waals surface area contributed by atoms with Gasteiger partial charge in [0.25, 0.3) is 0 Å². The SMILES string of the molecule is CC(=O)c1c(F)cccc1NCC(c1ccccc1Cl)N1CCOCC1. The Morgan fingerprint density at radius 1 is 1.23 bits per heavy atom. The van der Waals surface area contributed by atoms with Crippen molar-refractivity contribution in [3.63, 3.8) is 0 Å². The molecule has 1 heterocycles. The third kappa shape index (κ3) is 4.23. The third-order valence-electron chi connectivity index (χ3n) is 4.60. The molecule has 1 aliphatic heterocycles. The van der Waals surface area contributed by atoms with Crippen molar-refractivity contribution in [2.75, 3.05) is 38.2 Å². The van der Waals surface area contributed by atoms with Gasteiger partial charge in [0.05, 0.1) is 24.8 Å². The van der Waals surface area contributed by atoms with Gasteiger partial charge in [-0.05, 0) is 30.7 Å². The molecule has 26 heavy (non-hydrogen) atoms. The summed E-state index contributed by atoms with van der Waals surface area (Å²) in [6.07, 6.45) is 0. The van der Waals surface area contributed by atoms with Crippen molar-refractivity contribution in [1.82, 2.24) is 4.90 Å². The van der Waals surface area contributed by atoms with E-state index >= 15 is 0 Å². The summed E-state index contributed by atoms with van der Waals surface area (Å²) in [6, 6.07) is 12.3. The summed E-state index contributed by atoms with van der Waals surface area (Å²) in [5, 5.41) is 3.95. The number of carbonyl (C=O) groups excluding carboxylic acids is 1. The summed E-state index contributed by atoms with van der Waals surface area (Å²) in [7, 11) is 0. The van der Waals surface area contributed by atoms with E-state index in [2.05, 4.69) is 10.2 Å². The maximum atomic E-state index is 14.1. The fourth-order valence-electron chi connectivity index (χ4n) is 3.31. The van der Waals surface area contributed by atoms with Crippen LogP contribution in [0, 0.1) is 5.82 Å². The Morgan fingerprint density at radius 3 is 2.65 bits per heavy atom. The molecular formula is C20H22ClFN2O2. The molecule has 0 amide bonds. The average Bonchev–Trinajstić information content (AvgIpc) is 2.64. The van der Waals surface area contributed by atoms with Crippen molar-refractivity contribution >= 4 is 23.1 Å². The predicted molar refractivity (Wildman–Crippen MR) is 101 cm³/mol. The number of hydrogen-bond acceptors (Lipinski definition) is 4. The van der Waals surface area contributed by atoms with Crippen LogP contribution in [-0.4, -0.2) is 43.5 Å². The smallest absolute Gasteiger partial charge is 0.164 e. The number of nitrogens with zero attached hydrogens (tertiary/aromatic N) is 1. The number of benzene rings is 2. The summed E-state index contributed by atoms with van der Waals surface area (Å²) in [5.74, 6) is -0.811. The van der Waals surface area contributed by atoms with E-state index < -0.39 is 5.82 Å². The van der Waals surface area contributed by atoms with Crippen LogP contribution in [0.5, 0.6) is 0 Å². The second kappa shape index (κ2) is 8.62. The molecule has 1 N–H and O–H groups in total. The monoisotopic (exact) mass is 376 g/mol. The number of anilines is 1. The van der Waals surface area contributed by atoms with Gasteiger partial charge in [-0.3, -0.25) is 9.69 Å². The minimum atomic E-state index is -0.511. The highest BCUT2D eigenvalue weighted by Gasteiger charge is 2.25. The van der Waals surface area contributed by atoms with E-state index in [4.69, 9.17) is 16.3 Å². The van der Waals surface area contributed by atoms with Crippen LogP contribution in [0.2, 0.25) is 5.02 Å². The molecule has 1 fully saturated rings. The lowest BCUT2D eigenvalue weighted by molar-refractivity contribution is 0.0187. The molecule has 138 valence electrons. The molecule has 0 radical (unpaired) electrons. The Hall–Kier alpha value is -1.95. The van der Waals surface area contributed by atoms with Crippen LogP contribution in [0.25, 0.3) is 0 Å². The summed E-state index contributed by atoms with van der Waals surface area (Å²) >= 11 is 6.43. The van der Waals surface area contributed by atoms with Crippen LogP contribution in [0.1, 0.15) is 28.9 Å². The number of hydrogen-bond donors (Lipinski definition) is 1. The van der Waals surface area contributed by atoms with Crippen LogP contribution in [-0.2, 0) is 4.74 Å². The molecule has 0 bridgehead atoms. The van der Waals surface area contributed by atoms with Crippen molar-refractivity contribution in [2.45, 2.75) is 13.0 Å². The second-order valence-corrected chi connectivity index (χ2v) is 6.69. The average molecular weight is 377 g/mol. The standard InChI is InChI=1S/C20H22ClFN2O2/c1-14(25)20-17(22)7-4-8-18(20)23-13-19(24-9-11-26-12-10-24)15-5-2-3-6-16(15)21/h2-8,19,23H,9-13H2,1H3. The highest BCUT2D eigenvalue weighted by molar-refractivity contribution is 6.31. The van der Waals surface area contributed by atoms with Gasteiger partial charge in [0.1, 0.15) is 5.82 Å². The quantitative estimate of drug-likeness (QED) is 0.768. The first-order valence-corrected chi connectivity index (χ1v) is 9.05. The minimum Gasteiger partial charge on any atom is -0.382 e. The molecule has 4 nitrogen and oxygen atoms in total. The van der Waals surface area contributed by atoms with Gasteiger partial charge < -0.3 is 10.1 Å². The Kier molecular flexibility index (Phi) is 6.25. The lowest BCUT2D eigenvalue weighted by Crippen LogP contribution is -2.41. The van der Waals surface area contributed by atoms with Gasteiger partial charge in [0.2, 0.25) is 0 Å². The Bertz CT molecular complexity index is 778. The van der Waals surface area contributed by atoms with E-state index in [0.717, 1.165) is 18.7 Å². The third-order valence-corrected chi connectivity index (χ3v) is 4.95. The highest BCUT2D eigenvalue weighted by atomic mass is 35.5. The Morgan fingerprint density at radius 2 is 1.96 bits per heavy atom. The van der Waals surface area contributed by atoms with Gasteiger partial charge >= 0.3 is 0 Å². The molecule has 6 heteroatoms. The van der Waals surface area contributed by atoms with E-state index in [1.165, 1.54) is 13.0 Å². The van der Waals surface area contributed by atoms with Gasteiger partial charge in [-0.2, -0.15) is 0 Å². The van der Waals surface area contributed by atoms with Crippen LogP contribution >= 0.6 is 11.6 Å². The van der Waals surface area contributed by atoms with Crippen molar-refractivity contribution < 1.29 is 13.9 Å². The number of morpholine rings is 1. The molecular weight excluding hydrogens is 355 g/mol. The fourth-order valence-corrected chi connectivity index (χ4v) is 3.57. The zero-order chi connectivity index (χ0) is 18.5. The molecule has 2 aromatic carbocycles. The van der Waals surface area contributed by atoms with Gasteiger partial charge in [0, 0.05) is 30.3 Å². The molecule has 1 saturated heterocycles.